The van der Waals surface area contributed by atoms with Gasteiger partial charge in [0, 0.05) is 12.6 Å². The van der Waals surface area contributed by atoms with Crippen molar-refractivity contribution in [2.45, 2.75) is 57.6 Å². The summed E-state index contributed by atoms with van der Waals surface area (Å²) in [5.74, 6) is -1.68. The van der Waals surface area contributed by atoms with E-state index in [1.54, 1.807) is 13.0 Å². The fourth-order valence-electron chi connectivity index (χ4n) is 3.87. The second kappa shape index (κ2) is 9.74. The zero-order valence-corrected chi connectivity index (χ0v) is 20.1. The van der Waals surface area contributed by atoms with Crippen molar-refractivity contribution < 1.29 is 22.8 Å². The summed E-state index contributed by atoms with van der Waals surface area (Å²) in [4.78, 5) is 40.4. The van der Waals surface area contributed by atoms with E-state index in [1.807, 2.05) is 45.0 Å². The maximum Gasteiger partial charge on any atom is 0.269 e. The highest BCUT2D eigenvalue weighted by Gasteiger charge is 2.43. The number of nitrogens with zero attached hydrogens (tertiary/aromatic N) is 2. The third kappa shape index (κ3) is 4.93. The first-order valence-electron chi connectivity index (χ1n) is 10.9. The van der Waals surface area contributed by atoms with E-state index in [4.69, 9.17) is 0 Å². The van der Waals surface area contributed by atoms with Crippen LogP contribution in [0.3, 0.4) is 0 Å². The van der Waals surface area contributed by atoms with Crippen molar-refractivity contribution >= 4 is 27.7 Å². The summed E-state index contributed by atoms with van der Waals surface area (Å²) in [5.41, 5.74) is 1.81. The van der Waals surface area contributed by atoms with E-state index in [0.717, 1.165) is 11.1 Å². The largest absolute Gasteiger partial charge is 0.352 e. The Hall–Kier alpha value is -3.20. The molecule has 0 aliphatic carbocycles. The number of hydrogen-bond acceptors (Lipinski definition) is 5. The van der Waals surface area contributed by atoms with Crippen LogP contribution in [0, 0.1) is 6.92 Å². The zero-order chi connectivity index (χ0) is 24.3. The van der Waals surface area contributed by atoms with Crippen LogP contribution in [0.4, 0.5) is 0 Å². The van der Waals surface area contributed by atoms with Gasteiger partial charge in [0.1, 0.15) is 17.5 Å². The van der Waals surface area contributed by atoms with Gasteiger partial charge in [-0.2, -0.15) is 0 Å². The van der Waals surface area contributed by atoms with Crippen LogP contribution >= 0.6 is 0 Å². The van der Waals surface area contributed by atoms with Crippen LogP contribution in [-0.2, 0) is 26.2 Å². The van der Waals surface area contributed by atoms with E-state index in [0.29, 0.717) is 10.7 Å². The second-order valence-electron chi connectivity index (χ2n) is 8.35. The van der Waals surface area contributed by atoms with Gasteiger partial charge in [-0.3, -0.25) is 14.4 Å². The van der Waals surface area contributed by atoms with Crippen molar-refractivity contribution in [1.29, 1.82) is 0 Å². The molecule has 3 amide bonds. The Morgan fingerprint density at radius 1 is 1.06 bits per heavy atom. The Morgan fingerprint density at radius 3 is 2.30 bits per heavy atom. The van der Waals surface area contributed by atoms with Crippen molar-refractivity contribution in [1.82, 2.24) is 14.5 Å². The number of amides is 3. The minimum atomic E-state index is -4.14. The molecular weight excluding hydrogens is 442 g/mol. The SMILES string of the molecule is CC[C@@H](C(=O)NC(C)C)N(Cc1ccccc1C)C(=O)CN1C(=O)c2ccccc2S1(=O)=O. The van der Waals surface area contributed by atoms with E-state index >= 15 is 0 Å². The van der Waals surface area contributed by atoms with Crippen LogP contribution in [0.25, 0.3) is 0 Å². The van der Waals surface area contributed by atoms with Gasteiger partial charge in [0.15, 0.2) is 0 Å². The summed E-state index contributed by atoms with van der Waals surface area (Å²) in [6, 6.07) is 12.4. The molecule has 8 nitrogen and oxygen atoms in total. The Kier molecular flexibility index (Phi) is 7.22. The smallest absolute Gasteiger partial charge is 0.269 e. The first kappa shape index (κ1) is 24.4. The molecule has 1 aliphatic rings. The van der Waals surface area contributed by atoms with Gasteiger partial charge >= 0.3 is 0 Å². The molecule has 0 radical (unpaired) electrons. The molecule has 0 saturated carbocycles. The molecule has 2 aromatic rings. The molecule has 1 heterocycles. The number of aryl methyl sites for hydroxylation is 1. The fourth-order valence-corrected chi connectivity index (χ4v) is 5.39. The van der Waals surface area contributed by atoms with Gasteiger partial charge in [0.05, 0.1) is 5.56 Å². The number of nitrogens with one attached hydrogen (secondary N) is 1. The number of fused-ring (bicyclic) bond motifs is 1. The average Bonchev–Trinajstić information content (AvgIpc) is 2.95. The first-order valence-corrected chi connectivity index (χ1v) is 12.3. The van der Waals surface area contributed by atoms with Crippen molar-refractivity contribution in [2.75, 3.05) is 6.54 Å². The molecule has 1 aliphatic heterocycles. The fraction of sp³-hybridized carbons (Fsp3) is 0.375. The third-order valence-electron chi connectivity index (χ3n) is 5.61. The number of benzene rings is 2. The lowest BCUT2D eigenvalue weighted by Gasteiger charge is -2.32. The Bertz CT molecular complexity index is 1180. The van der Waals surface area contributed by atoms with Gasteiger partial charge in [-0.15, -0.1) is 0 Å². The predicted octanol–water partition coefficient (Wildman–Crippen LogP) is 2.47. The number of hydrogen-bond donors (Lipinski definition) is 1. The number of carbonyl (C=O) groups is 3. The van der Waals surface area contributed by atoms with Crippen molar-refractivity contribution in [2.24, 2.45) is 0 Å². The van der Waals surface area contributed by atoms with E-state index in [-0.39, 0.29) is 29.0 Å². The monoisotopic (exact) mass is 471 g/mol. The maximum atomic E-state index is 13.5. The minimum absolute atomic E-state index is 0.0420. The minimum Gasteiger partial charge on any atom is -0.352 e. The standard InChI is InChI=1S/C24H29N3O5S/c1-5-20(23(29)25-16(2)3)26(14-18-11-7-6-10-17(18)4)22(28)15-27-24(30)19-12-8-9-13-21(19)33(27,31)32/h6-13,16,20H,5,14-15H2,1-4H3,(H,25,29)/t20-/m0/s1. The van der Waals surface area contributed by atoms with E-state index < -0.39 is 34.4 Å². The van der Waals surface area contributed by atoms with E-state index in [9.17, 15) is 22.8 Å². The van der Waals surface area contributed by atoms with Crippen molar-refractivity contribution in [3.63, 3.8) is 0 Å². The molecule has 0 bridgehead atoms. The number of sulfonamides is 1. The lowest BCUT2D eigenvalue weighted by atomic mass is 10.1. The summed E-state index contributed by atoms with van der Waals surface area (Å²) in [7, 11) is -4.14. The molecule has 0 fully saturated rings. The molecule has 0 spiro atoms. The molecule has 9 heteroatoms. The Labute approximate surface area is 194 Å². The van der Waals surface area contributed by atoms with Gasteiger partial charge in [-0.25, -0.2) is 12.7 Å². The van der Waals surface area contributed by atoms with E-state index in [2.05, 4.69) is 5.32 Å². The van der Waals surface area contributed by atoms with Crippen LogP contribution in [0.1, 0.15) is 48.7 Å². The topological polar surface area (TPSA) is 104 Å². The summed E-state index contributed by atoms with van der Waals surface area (Å²) in [6.45, 7) is 6.78. The molecule has 1 atom stereocenters. The van der Waals surface area contributed by atoms with Crippen LogP contribution < -0.4 is 5.32 Å². The maximum absolute atomic E-state index is 13.5. The van der Waals surface area contributed by atoms with Crippen molar-refractivity contribution in [3.8, 4) is 0 Å². The highest BCUT2D eigenvalue weighted by molar-refractivity contribution is 7.90. The number of rotatable bonds is 8. The summed E-state index contributed by atoms with van der Waals surface area (Å²) < 4.78 is 26.5. The lowest BCUT2D eigenvalue weighted by Crippen LogP contribution is -2.53. The predicted molar refractivity (Wildman–Crippen MR) is 124 cm³/mol. The Balaban J connectivity index is 1.95. The molecule has 1 N–H and O–H groups in total. The lowest BCUT2D eigenvalue weighted by molar-refractivity contribution is -0.141. The summed E-state index contributed by atoms with van der Waals surface area (Å²) >= 11 is 0. The highest BCUT2D eigenvalue weighted by atomic mass is 32.2. The average molecular weight is 472 g/mol. The van der Waals surface area contributed by atoms with Crippen LogP contribution in [0.2, 0.25) is 0 Å². The van der Waals surface area contributed by atoms with Gasteiger partial charge < -0.3 is 10.2 Å². The molecule has 0 unspecified atom stereocenters. The van der Waals surface area contributed by atoms with Gasteiger partial charge in [-0.1, -0.05) is 43.3 Å². The molecule has 176 valence electrons. The van der Waals surface area contributed by atoms with Gasteiger partial charge in [0.25, 0.3) is 15.9 Å². The summed E-state index contributed by atoms with van der Waals surface area (Å²) in [5, 5.41) is 2.83. The van der Waals surface area contributed by atoms with Gasteiger partial charge in [0.2, 0.25) is 11.8 Å². The van der Waals surface area contributed by atoms with Crippen LogP contribution in [0.15, 0.2) is 53.4 Å². The molecule has 2 aromatic carbocycles. The highest BCUT2D eigenvalue weighted by Crippen LogP contribution is 2.30. The molecule has 3 rings (SSSR count). The van der Waals surface area contributed by atoms with Gasteiger partial charge in [-0.05, 0) is 50.5 Å². The van der Waals surface area contributed by atoms with Crippen LogP contribution in [0.5, 0.6) is 0 Å². The quantitative estimate of drug-likeness (QED) is 0.637. The Morgan fingerprint density at radius 2 is 1.70 bits per heavy atom. The van der Waals surface area contributed by atoms with E-state index in [1.165, 1.54) is 23.1 Å². The molecular formula is C24H29N3O5S. The zero-order valence-electron chi connectivity index (χ0n) is 19.2. The van der Waals surface area contributed by atoms with Crippen molar-refractivity contribution in [3.05, 3.63) is 65.2 Å². The molecule has 33 heavy (non-hydrogen) atoms. The second-order valence-corrected chi connectivity index (χ2v) is 10.2. The summed E-state index contributed by atoms with van der Waals surface area (Å²) in [6.07, 6.45) is 0.330. The molecule has 0 aromatic heterocycles. The van der Waals surface area contributed by atoms with Crippen LogP contribution in [-0.4, -0.2) is 54.0 Å². The first-order chi connectivity index (χ1) is 15.6. The third-order valence-corrected chi connectivity index (χ3v) is 7.40. The normalized spacial score (nSPS) is 15.3. The molecule has 0 saturated heterocycles. The number of carbonyl (C=O) groups excluding carboxylic acids is 3.